The van der Waals surface area contributed by atoms with Crippen molar-refractivity contribution < 1.29 is 0 Å². The van der Waals surface area contributed by atoms with Gasteiger partial charge in [-0.3, -0.25) is 0 Å². The van der Waals surface area contributed by atoms with E-state index in [1.54, 1.807) is 0 Å². The van der Waals surface area contributed by atoms with Gasteiger partial charge in [-0.05, 0) is 17.8 Å². The van der Waals surface area contributed by atoms with Gasteiger partial charge in [0.15, 0.2) is 0 Å². The maximum Gasteiger partial charge on any atom is 0.139 e. The summed E-state index contributed by atoms with van der Waals surface area (Å²) in [4.78, 5) is 0. The molecule has 0 atom stereocenters. The minimum absolute atomic E-state index is 0.976. The molecular weight excluding hydrogens is 263 g/mol. The lowest BCUT2D eigenvalue weighted by Crippen LogP contribution is -2.17. The molecule has 0 aliphatic heterocycles. The fraction of sp³-hybridized carbons (Fsp3) is 1.00. The molecule has 132 valence electrons. The van der Waals surface area contributed by atoms with Crippen LogP contribution in [0.4, 0.5) is 0 Å². The van der Waals surface area contributed by atoms with Crippen LogP contribution in [0.15, 0.2) is 0 Å². The van der Waals surface area contributed by atoms with Crippen LogP contribution in [0.2, 0.25) is 19.0 Å². The number of rotatable bonds is 15. The predicted octanol–water partition coefficient (Wildman–Crippen LogP) is 7.96. The van der Waals surface area contributed by atoms with Crippen molar-refractivity contribution in [1.29, 1.82) is 0 Å². The van der Waals surface area contributed by atoms with Gasteiger partial charge in [-0.15, -0.1) is 0 Å². The van der Waals surface area contributed by atoms with Gasteiger partial charge in [0.2, 0.25) is 0 Å². The van der Waals surface area contributed by atoms with E-state index in [4.69, 9.17) is 0 Å². The van der Waals surface area contributed by atoms with Gasteiger partial charge in [0.25, 0.3) is 0 Å². The van der Waals surface area contributed by atoms with Gasteiger partial charge < -0.3 is 0 Å². The molecule has 0 spiro atoms. The van der Waals surface area contributed by atoms with Crippen molar-refractivity contribution >= 4 is 6.71 Å². The van der Waals surface area contributed by atoms with Crippen molar-refractivity contribution in [2.75, 3.05) is 0 Å². The zero-order chi connectivity index (χ0) is 16.8. The van der Waals surface area contributed by atoms with Crippen LogP contribution in [0, 0.1) is 17.8 Å². The van der Waals surface area contributed by atoms with Crippen molar-refractivity contribution in [3.05, 3.63) is 0 Å². The lowest BCUT2D eigenvalue weighted by molar-refractivity contribution is 0.458. The summed E-state index contributed by atoms with van der Waals surface area (Å²) < 4.78 is 0. The molecule has 0 aromatic heterocycles. The average molecular weight is 308 g/mol. The maximum absolute atomic E-state index is 2.37. The highest BCUT2D eigenvalue weighted by molar-refractivity contribution is 6.58. The van der Waals surface area contributed by atoms with Gasteiger partial charge in [0, 0.05) is 0 Å². The van der Waals surface area contributed by atoms with Crippen molar-refractivity contribution in [1.82, 2.24) is 0 Å². The van der Waals surface area contributed by atoms with Crippen LogP contribution >= 0.6 is 0 Å². The molecule has 0 unspecified atom stereocenters. The zero-order valence-electron chi connectivity index (χ0n) is 16.8. The Morgan fingerprint density at radius 1 is 0.455 bits per heavy atom. The Bertz CT molecular complexity index is 176. The van der Waals surface area contributed by atoms with Gasteiger partial charge >= 0.3 is 0 Å². The monoisotopic (exact) mass is 308 g/mol. The van der Waals surface area contributed by atoms with E-state index in [1.807, 2.05) is 0 Å². The molecule has 0 aliphatic rings. The summed E-state index contributed by atoms with van der Waals surface area (Å²) >= 11 is 0. The molecule has 0 rings (SSSR count). The first-order valence-electron chi connectivity index (χ1n) is 10.6. The second kappa shape index (κ2) is 14.6. The standard InChI is InChI=1S/C21H45B/c1-7-19(8-2)13-16-22(17-14-20(9-3)10-4)18-15-21(11-5)12-6/h19-21H,7-18H2,1-6H3. The summed E-state index contributed by atoms with van der Waals surface area (Å²) in [7, 11) is 0. The highest BCUT2D eigenvalue weighted by atomic mass is 14.1. The highest BCUT2D eigenvalue weighted by Crippen LogP contribution is 2.26. The molecular formula is C21H45B. The first-order chi connectivity index (χ1) is 10.6. The largest absolute Gasteiger partial charge is 0.139 e. The molecule has 22 heavy (non-hydrogen) atoms. The molecule has 0 aliphatic carbocycles. The zero-order valence-corrected chi connectivity index (χ0v) is 16.8. The normalized spacial score (nSPS) is 11.9. The van der Waals surface area contributed by atoms with Gasteiger partial charge in [0.05, 0.1) is 0 Å². The fourth-order valence-corrected chi connectivity index (χ4v) is 3.94. The van der Waals surface area contributed by atoms with Gasteiger partial charge in [-0.25, -0.2) is 0 Å². The lowest BCUT2D eigenvalue weighted by atomic mass is 9.40. The minimum Gasteiger partial charge on any atom is -0.0739 e. The van der Waals surface area contributed by atoms with Crippen molar-refractivity contribution in [3.8, 4) is 0 Å². The smallest absolute Gasteiger partial charge is 0.0739 e. The minimum atomic E-state index is 0.976. The summed E-state index contributed by atoms with van der Waals surface area (Å²) in [5.74, 6) is 2.93. The SMILES string of the molecule is CCC(CC)CCB(CCC(CC)CC)CCC(CC)CC. The van der Waals surface area contributed by atoms with E-state index in [0.717, 1.165) is 24.5 Å². The van der Waals surface area contributed by atoms with Crippen LogP contribution in [-0.2, 0) is 0 Å². The highest BCUT2D eigenvalue weighted by Gasteiger charge is 2.18. The van der Waals surface area contributed by atoms with E-state index in [2.05, 4.69) is 41.5 Å². The van der Waals surface area contributed by atoms with E-state index in [1.165, 1.54) is 76.7 Å². The first-order valence-corrected chi connectivity index (χ1v) is 10.6. The average Bonchev–Trinajstić information content (AvgIpc) is 2.56. The van der Waals surface area contributed by atoms with Crippen LogP contribution in [-0.4, -0.2) is 6.71 Å². The molecule has 1 heteroatoms. The molecule has 0 saturated heterocycles. The molecule has 0 nitrogen and oxygen atoms in total. The summed E-state index contributed by atoms with van der Waals surface area (Å²) in [6.45, 7) is 15.2. The third-order valence-corrected chi connectivity index (χ3v) is 6.41. The summed E-state index contributed by atoms with van der Waals surface area (Å²) in [6, 6.07) is 0. The molecule has 0 amide bonds. The number of hydrogen-bond acceptors (Lipinski definition) is 0. The lowest BCUT2D eigenvalue weighted by Gasteiger charge is -2.21. The number of hydrogen-bond donors (Lipinski definition) is 0. The molecule has 0 aromatic carbocycles. The Morgan fingerprint density at radius 3 is 0.864 bits per heavy atom. The molecule has 0 radical (unpaired) electrons. The molecule has 0 N–H and O–H groups in total. The summed E-state index contributed by atoms with van der Waals surface area (Å²) in [5.41, 5.74) is 0. The molecule has 0 saturated carbocycles. The fourth-order valence-electron chi connectivity index (χ4n) is 3.94. The van der Waals surface area contributed by atoms with Crippen LogP contribution in [0.5, 0.6) is 0 Å². The van der Waals surface area contributed by atoms with Gasteiger partial charge in [-0.1, -0.05) is 118 Å². The van der Waals surface area contributed by atoms with E-state index in [0.29, 0.717) is 0 Å². The van der Waals surface area contributed by atoms with E-state index < -0.39 is 0 Å². The van der Waals surface area contributed by atoms with Crippen LogP contribution in [0.1, 0.15) is 99.3 Å². The van der Waals surface area contributed by atoms with Crippen LogP contribution in [0.25, 0.3) is 0 Å². The van der Waals surface area contributed by atoms with Crippen molar-refractivity contribution in [2.24, 2.45) is 17.8 Å². The Morgan fingerprint density at radius 2 is 0.682 bits per heavy atom. The third kappa shape index (κ3) is 9.96. The van der Waals surface area contributed by atoms with Gasteiger partial charge in [0.1, 0.15) is 6.71 Å². The topological polar surface area (TPSA) is 0 Å². The summed E-state index contributed by atoms with van der Waals surface area (Å²) in [6.07, 6.45) is 17.2. The molecule has 0 heterocycles. The van der Waals surface area contributed by atoms with E-state index in [9.17, 15) is 0 Å². The second-order valence-electron chi connectivity index (χ2n) is 7.65. The third-order valence-electron chi connectivity index (χ3n) is 6.41. The van der Waals surface area contributed by atoms with Crippen LogP contribution < -0.4 is 0 Å². The van der Waals surface area contributed by atoms with Crippen LogP contribution in [0.3, 0.4) is 0 Å². The predicted molar refractivity (Wildman–Crippen MR) is 106 cm³/mol. The van der Waals surface area contributed by atoms with E-state index in [-0.39, 0.29) is 0 Å². The maximum atomic E-state index is 2.37. The second-order valence-corrected chi connectivity index (χ2v) is 7.65. The van der Waals surface area contributed by atoms with E-state index >= 15 is 0 Å². The molecule has 0 fully saturated rings. The Labute approximate surface area is 143 Å². The van der Waals surface area contributed by atoms with Gasteiger partial charge in [-0.2, -0.15) is 0 Å². The molecule has 0 aromatic rings. The Hall–Kier alpha value is 0.0649. The first kappa shape index (κ1) is 22.1. The van der Waals surface area contributed by atoms with Crippen molar-refractivity contribution in [3.63, 3.8) is 0 Å². The Balaban J connectivity index is 4.34. The molecule has 0 bridgehead atoms. The Kier molecular flexibility index (Phi) is 14.7. The quantitative estimate of drug-likeness (QED) is 0.269. The summed E-state index contributed by atoms with van der Waals surface area (Å²) in [5, 5.41) is 0. The van der Waals surface area contributed by atoms with Crippen molar-refractivity contribution in [2.45, 2.75) is 118 Å².